The number of nitrogens with zero attached hydrogens (tertiary/aromatic N) is 1. The molecule has 0 saturated carbocycles. The highest BCUT2D eigenvalue weighted by atomic mass is 16.6. The predicted molar refractivity (Wildman–Crippen MR) is 67.0 cm³/mol. The van der Waals surface area contributed by atoms with Crippen LogP contribution in [0.4, 0.5) is 5.69 Å². The van der Waals surface area contributed by atoms with E-state index in [1.54, 1.807) is 13.8 Å². The zero-order valence-corrected chi connectivity index (χ0v) is 10.5. The predicted octanol–water partition coefficient (Wildman–Crippen LogP) is 1.50. The third-order valence-corrected chi connectivity index (χ3v) is 2.61. The maximum atomic E-state index is 11.9. The summed E-state index contributed by atoms with van der Waals surface area (Å²) in [4.78, 5) is 32.9. The molecule has 1 atom stereocenters. The molecule has 0 aliphatic rings. The quantitative estimate of drug-likeness (QED) is 0.619. The van der Waals surface area contributed by atoms with Crippen LogP contribution in [-0.2, 0) is 4.79 Å². The van der Waals surface area contributed by atoms with Crippen molar-refractivity contribution in [1.82, 2.24) is 5.32 Å². The van der Waals surface area contributed by atoms with Crippen molar-refractivity contribution in [3.8, 4) is 0 Å². The van der Waals surface area contributed by atoms with Gasteiger partial charge in [-0.3, -0.25) is 14.9 Å². The minimum absolute atomic E-state index is 0.135. The molecule has 0 aliphatic carbocycles. The summed E-state index contributed by atoms with van der Waals surface area (Å²) >= 11 is 0. The van der Waals surface area contributed by atoms with Crippen LogP contribution in [0.5, 0.6) is 0 Å². The third-order valence-electron chi connectivity index (χ3n) is 2.61. The number of carbonyl (C=O) groups excluding carboxylic acids is 1. The standard InChI is InChI=1S/C12H14N2O5/c1-3-9(12(16)17)13-11(15)8-6-7(2)4-5-10(8)14(18)19/h4-6,9H,3H2,1-2H3,(H,13,15)(H,16,17)/t9-/m0/s1. The molecule has 7 nitrogen and oxygen atoms in total. The lowest BCUT2D eigenvalue weighted by atomic mass is 10.1. The van der Waals surface area contributed by atoms with Gasteiger partial charge in [0, 0.05) is 6.07 Å². The first-order chi connectivity index (χ1) is 8.86. The number of hydrogen-bond donors (Lipinski definition) is 2. The highest BCUT2D eigenvalue weighted by molar-refractivity contribution is 6.00. The van der Waals surface area contributed by atoms with E-state index in [-0.39, 0.29) is 17.7 Å². The fourth-order valence-electron chi connectivity index (χ4n) is 1.57. The molecule has 0 bridgehead atoms. The molecule has 1 rings (SSSR count). The minimum Gasteiger partial charge on any atom is -0.480 e. The van der Waals surface area contributed by atoms with Gasteiger partial charge in [0.05, 0.1) is 4.92 Å². The van der Waals surface area contributed by atoms with Crippen LogP contribution in [0, 0.1) is 17.0 Å². The summed E-state index contributed by atoms with van der Waals surface area (Å²) in [5, 5.41) is 22.0. The molecule has 0 aromatic heterocycles. The molecule has 0 aliphatic heterocycles. The summed E-state index contributed by atoms with van der Waals surface area (Å²) in [6, 6.07) is 3.05. The maximum absolute atomic E-state index is 11.9. The number of carbonyl (C=O) groups is 2. The smallest absolute Gasteiger partial charge is 0.326 e. The van der Waals surface area contributed by atoms with E-state index in [2.05, 4.69) is 5.32 Å². The maximum Gasteiger partial charge on any atom is 0.326 e. The Labute approximate surface area is 109 Å². The molecular formula is C12H14N2O5. The molecule has 0 spiro atoms. The van der Waals surface area contributed by atoms with Crippen molar-refractivity contribution in [3.05, 3.63) is 39.4 Å². The molecule has 0 saturated heterocycles. The summed E-state index contributed by atoms with van der Waals surface area (Å²) in [6.07, 6.45) is 0.195. The van der Waals surface area contributed by atoms with Crippen LogP contribution >= 0.6 is 0 Å². The Hall–Kier alpha value is -2.44. The van der Waals surface area contributed by atoms with Gasteiger partial charge in [0.25, 0.3) is 11.6 Å². The van der Waals surface area contributed by atoms with Gasteiger partial charge in [-0.25, -0.2) is 4.79 Å². The number of aryl methyl sites for hydroxylation is 1. The zero-order chi connectivity index (χ0) is 14.6. The molecular weight excluding hydrogens is 252 g/mol. The first-order valence-electron chi connectivity index (χ1n) is 5.65. The van der Waals surface area contributed by atoms with Crippen LogP contribution in [0.1, 0.15) is 29.3 Å². The lowest BCUT2D eigenvalue weighted by molar-refractivity contribution is -0.385. The van der Waals surface area contributed by atoms with Gasteiger partial charge in [0.15, 0.2) is 0 Å². The van der Waals surface area contributed by atoms with Crippen molar-refractivity contribution in [1.29, 1.82) is 0 Å². The number of nitro benzene ring substituents is 1. The Morgan fingerprint density at radius 3 is 2.58 bits per heavy atom. The van der Waals surface area contributed by atoms with E-state index in [1.807, 2.05) is 0 Å². The van der Waals surface area contributed by atoms with Gasteiger partial charge >= 0.3 is 5.97 Å². The molecule has 1 aromatic rings. The highest BCUT2D eigenvalue weighted by Crippen LogP contribution is 2.19. The van der Waals surface area contributed by atoms with Crippen LogP contribution in [-0.4, -0.2) is 27.9 Å². The highest BCUT2D eigenvalue weighted by Gasteiger charge is 2.24. The average Bonchev–Trinajstić information content (AvgIpc) is 2.34. The molecule has 1 aromatic carbocycles. The fraction of sp³-hybridized carbons (Fsp3) is 0.333. The summed E-state index contributed by atoms with van der Waals surface area (Å²) in [6.45, 7) is 3.29. The number of hydrogen-bond acceptors (Lipinski definition) is 4. The monoisotopic (exact) mass is 266 g/mol. The van der Waals surface area contributed by atoms with Crippen molar-refractivity contribution >= 4 is 17.6 Å². The number of nitrogens with one attached hydrogen (secondary N) is 1. The SMILES string of the molecule is CC[C@H](NC(=O)c1cc(C)ccc1[N+](=O)[O-])C(=O)O. The number of benzene rings is 1. The molecule has 0 heterocycles. The van der Waals surface area contributed by atoms with Crippen molar-refractivity contribution in [3.63, 3.8) is 0 Å². The number of carboxylic acid groups (broad SMARTS) is 1. The van der Waals surface area contributed by atoms with E-state index in [1.165, 1.54) is 18.2 Å². The number of carboxylic acids is 1. The van der Waals surface area contributed by atoms with Crippen LogP contribution < -0.4 is 5.32 Å². The van der Waals surface area contributed by atoms with Crippen LogP contribution in [0.2, 0.25) is 0 Å². The van der Waals surface area contributed by atoms with Crippen molar-refractivity contribution in [2.75, 3.05) is 0 Å². The van der Waals surface area contributed by atoms with E-state index in [4.69, 9.17) is 5.11 Å². The third kappa shape index (κ3) is 3.51. The average molecular weight is 266 g/mol. The summed E-state index contributed by atoms with van der Waals surface area (Å²) in [7, 11) is 0. The normalized spacial score (nSPS) is 11.7. The Kier molecular flexibility index (Phi) is 4.57. The van der Waals surface area contributed by atoms with Gasteiger partial charge in [-0.1, -0.05) is 13.0 Å². The first-order valence-corrected chi connectivity index (χ1v) is 5.65. The van der Waals surface area contributed by atoms with Gasteiger partial charge in [0.2, 0.25) is 0 Å². The number of nitro groups is 1. The second-order valence-corrected chi connectivity index (χ2v) is 4.05. The van der Waals surface area contributed by atoms with Crippen molar-refractivity contribution in [2.45, 2.75) is 26.3 Å². The second-order valence-electron chi connectivity index (χ2n) is 4.05. The summed E-state index contributed by atoms with van der Waals surface area (Å²) in [5.74, 6) is -1.93. The second kappa shape index (κ2) is 5.94. The van der Waals surface area contributed by atoms with E-state index in [9.17, 15) is 19.7 Å². The largest absolute Gasteiger partial charge is 0.480 e. The van der Waals surface area contributed by atoms with Crippen molar-refractivity contribution < 1.29 is 19.6 Å². The Morgan fingerprint density at radius 2 is 2.11 bits per heavy atom. The lowest BCUT2D eigenvalue weighted by Crippen LogP contribution is -2.40. The molecule has 102 valence electrons. The van der Waals surface area contributed by atoms with E-state index in [0.29, 0.717) is 5.56 Å². The van der Waals surface area contributed by atoms with E-state index in [0.717, 1.165) is 0 Å². The molecule has 7 heteroatoms. The van der Waals surface area contributed by atoms with Crippen LogP contribution in [0.25, 0.3) is 0 Å². The van der Waals surface area contributed by atoms with Crippen LogP contribution in [0.15, 0.2) is 18.2 Å². The van der Waals surface area contributed by atoms with Gasteiger partial charge in [-0.2, -0.15) is 0 Å². The number of aliphatic carboxylic acids is 1. The Bertz CT molecular complexity index is 527. The Balaban J connectivity index is 3.08. The van der Waals surface area contributed by atoms with Gasteiger partial charge < -0.3 is 10.4 Å². The number of amides is 1. The lowest BCUT2D eigenvalue weighted by Gasteiger charge is -2.12. The van der Waals surface area contributed by atoms with Crippen molar-refractivity contribution in [2.24, 2.45) is 0 Å². The van der Waals surface area contributed by atoms with Gasteiger partial charge in [0.1, 0.15) is 11.6 Å². The molecule has 1 amide bonds. The fourth-order valence-corrected chi connectivity index (χ4v) is 1.57. The Morgan fingerprint density at radius 1 is 1.47 bits per heavy atom. The molecule has 2 N–H and O–H groups in total. The molecule has 0 unspecified atom stereocenters. The van der Waals surface area contributed by atoms with Gasteiger partial charge in [-0.15, -0.1) is 0 Å². The summed E-state index contributed by atoms with van der Waals surface area (Å²) < 4.78 is 0. The summed E-state index contributed by atoms with van der Waals surface area (Å²) in [5.41, 5.74) is 0.201. The molecule has 19 heavy (non-hydrogen) atoms. The van der Waals surface area contributed by atoms with E-state index < -0.39 is 22.8 Å². The van der Waals surface area contributed by atoms with E-state index >= 15 is 0 Å². The zero-order valence-electron chi connectivity index (χ0n) is 10.5. The molecule has 0 fully saturated rings. The first kappa shape index (κ1) is 14.6. The van der Waals surface area contributed by atoms with Crippen LogP contribution in [0.3, 0.4) is 0 Å². The number of rotatable bonds is 5. The topological polar surface area (TPSA) is 110 Å². The van der Waals surface area contributed by atoms with Gasteiger partial charge in [-0.05, 0) is 25.0 Å². The minimum atomic E-state index is -1.17. The molecule has 0 radical (unpaired) electrons.